The van der Waals surface area contributed by atoms with Crippen LogP contribution >= 0.6 is 0 Å². The molecule has 0 radical (unpaired) electrons. The number of nitrogens with zero attached hydrogens (tertiary/aromatic N) is 6. The molecule has 0 aliphatic carbocycles. The van der Waals surface area contributed by atoms with Crippen molar-refractivity contribution >= 4 is 11.9 Å². The van der Waals surface area contributed by atoms with Gasteiger partial charge in [0.05, 0.1) is 24.5 Å². The van der Waals surface area contributed by atoms with Gasteiger partial charge >= 0.3 is 0 Å². The van der Waals surface area contributed by atoms with Gasteiger partial charge in [-0.2, -0.15) is 5.10 Å². The molecule has 2 aromatic heterocycles. The summed E-state index contributed by atoms with van der Waals surface area (Å²) in [5.74, 6) is 1.30. The van der Waals surface area contributed by atoms with Gasteiger partial charge in [0, 0.05) is 44.3 Å². The lowest BCUT2D eigenvalue weighted by Crippen LogP contribution is -2.49. The molecule has 0 unspecified atom stereocenters. The molecule has 8 heteroatoms. The molecule has 3 heterocycles. The fourth-order valence-electron chi connectivity index (χ4n) is 3.93. The molecule has 1 amide bonds. The topological polar surface area (TPSA) is 79.2 Å². The summed E-state index contributed by atoms with van der Waals surface area (Å²) in [4.78, 5) is 25.5. The normalized spacial score (nSPS) is 14.7. The lowest BCUT2D eigenvalue weighted by atomic mass is 10.1. The summed E-state index contributed by atoms with van der Waals surface area (Å²) in [5, 5.41) is 7.80. The van der Waals surface area contributed by atoms with Crippen LogP contribution in [0.25, 0.3) is 5.69 Å². The number of carbonyl (C=O) groups excluding carboxylic acids is 1. The Balaban J connectivity index is 1.30. The first kappa shape index (κ1) is 22.0. The minimum absolute atomic E-state index is 0.0223. The predicted molar refractivity (Wildman–Crippen MR) is 125 cm³/mol. The second-order valence-corrected chi connectivity index (χ2v) is 8.56. The minimum atomic E-state index is 0.0223. The second kappa shape index (κ2) is 10.4. The Bertz CT molecular complexity index is 996. The van der Waals surface area contributed by atoms with Gasteiger partial charge in [-0.25, -0.2) is 14.6 Å². The van der Waals surface area contributed by atoms with E-state index in [1.807, 2.05) is 28.9 Å². The maximum Gasteiger partial charge on any atom is 0.234 e. The van der Waals surface area contributed by atoms with Gasteiger partial charge in [0.1, 0.15) is 0 Å². The van der Waals surface area contributed by atoms with Crippen molar-refractivity contribution in [2.45, 2.75) is 26.8 Å². The van der Waals surface area contributed by atoms with Gasteiger partial charge in [-0.3, -0.25) is 9.69 Å². The number of nitrogens with one attached hydrogen (secondary N) is 1. The van der Waals surface area contributed by atoms with E-state index in [4.69, 9.17) is 5.10 Å². The fourth-order valence-corrected chi connectivity index (χ4v) is 3.93. The van der Waals surface area contributed by atoms with Crippen molar-refractivity contribution in [1.82, 2.24) is 30.0 Å². The highest BCUT2D eigenvalue weighted by Gasteiger charge is 2.20. The Morgan fingerprint density at radius 1 is 1.03 bits per heavy atom. The number of anilines is 1. The SMILES string of the molecule is CC(C)Cc1cc(CNC(=O)CN2CCN(c3ncccn3)CC2)nn1-c1ccccc1. The molecule has 1 saturated heterocycles. The lowest BCUT2D eigenvalue weighted by molar-refractivity contribution is -0.122. The molecule has 168 valence electrons. The number of aromatic nitrogens is 4. The van der Waals surface area contributed by atoms with Gasteiger partial charge in [0.25, 0.3) is 0 Å². The quantitative estimate of drug-likeness (QED) is 0.587. The zero-order valence-corrected chi connectivity index (χ0v) is 18.8. The summed E-state index contributed by atoms with van der Waals surface area (Å²) >= 11 is 0. The first-order chi connectivity index (χ1) is 15.6. The zero-order chi connectivity index (χ0) is 22.3. The van der Waals surface area contributed by atoms with Crippen LogP contribution in [0.2, 0.25) is 0 Å². The third-order valence-electron chi connectivity index (χ3n) is 5.49. The molecule has 0 atom stereocenters. The van der Waals surface area contributed by atoms with Crippen LogP contribution in [0.4, 0.5) is 5.95 Å². The highest BCUT2D eigenvalue weighted by atomic mass is 16.2. The maximum absolute atomic E-state index is 12.5. The summed E-state index contributed by atoms with van der Waals surface area (Å²) in [7, 11) is 0. The van der Waals surface area contributed by atoms with E-state index in [1.165, 1.54) is 0 Å². The van der Waals surface area contributed by atoms with Crippen LogP contribution in [0.5, 0.6) is 0 Å². The third-order valence-corrected chi connectivity index (χ3v) is 5.49. The van der Waals surface area contributed by atoms with E-state index in [9.17, 15) is 4.79 Å². The van der Waals surface area contributed by atoms with Gasteiger partial charge in [-0.05, 0) is 36.6 Å². The van der Waals surface area contributed by atoms with Crippen LogP contribution in [0.15, 0.2) is 54.9 Å². The highest BCUT2D eigenvalue weighted by molar-refractivity contribution is 5.78. The number of amides is 1. The first-order valence-electron chi connectivity index (χ1n) is 11.2. The van der Waals surface area contributed by atoms with Crippen molar-refractivity contribution in [3.8, 4) is 5.69 Å². The summed E-state index contributed by atoms with van der Waals surface area (Å²) in [6, 6.07) is 14.1. The maximum atomic E-state index is 12.5. The van der Waals surface area contributed by atoms with Crippen LogP contribution in [0.3, 0.4) is 0 Å². The monoisotopic (exact) mass is 433 g/mol. The third kappa shape index (κ3) is 5.70. The Hall–Kier alpha value is -3.26. The van der Waals surface area contributed by atoms with E-state index in [0.717, 1.165) is 55.6 Å². The molecular weight excluding hydrogens is 402 g/mol. The largest absolute Gasteiger partial charge is 0.349 e. The molecule has 0 saturated carbocycles. The summed E-state index contributed by atoms with van der Waals surface area (Å²) in [6.07, 6.45) is 4.45. The van der Waals surface area contributed by atoms with Crippen LogP contribution < -0.4 is 10.2 Å². The van der Waals surface area contributed by atoms with E-state index in [1.54, 1.807) is 12.4 Å². The molecular formula is C24H31N7O. The molecule has 8 nitrogen and oxygen atoms in total. The average Bonchev–Trinajstić information content (AvgIpc) is 3.21. The van der Waals surface area contributed by atoms with Crippen molar-refractivity contribution in [3.05, 3.63) is 66.2 Å². The van der Waals surface area contributed by atoms with Crippen molar-refractivity contribution in [2.75, 3.05) is 37.6 Å². The number of piperazine rings is 1. The van der Waals surface area contributed by atoms with E-state index in [-0.39, 0.29) is 5.91 Å². The number of hydrogen-bond donors (Lipinski definition) is 1. The highest BCUT2D eigenvalue weighted by Crippen LogP contribution is 2.16. The first-order valence-corrected chi connectivity index (χ1v) is 11.2. The number of para-hydroxylation sites is 1. The number of benzene rings is 1. The van der Waals surface area contributed by atoms with Gasteiger partial charge in [0.15, 0.2) is 0 Å². The van der Waals surface area contributed by atoms with E-state index >= 15 is 0 Å². The lowest BCUT2D eigenvalue weighted by Gasteiger charge is -2.34. The molecule has 4 rings (SSSR count). The predicted octanol–water partition coefficient (Wildman–Crippen LogP) is 2.30. The minimum Gasteiger partial charge on any atom is -0.349 e. The fraction of sp³-hybridized carbons (Fsp3) is 0.417. The van der Waals surface area contributed by atoms with Crippen LogP contribution in [0.1, 0.15) is 25.2 Å². The molecule has 1 aromatic carbocycles. The summed E-state index contributed by atoms with van der Waals surface area (Å²) < 4.78 is 1.99. The second-order valence-electron chi connectivity index (χ2n) is 8.56. The van der Waals surface area contributed by atoms with Crippen molar-refractivity contribution in [3.63, 3.8) is 0 Å². The number of carbonyl (C=O) groups is 1. The van der Waals surface area contributed by atoms with Gasteiger partial charge in [-0.1, -0.05) is 32.0 Å². The van der Waals surface area contributed by atoms with Gasteiger partial charge in [0.2, 0.25) is 11.9 Å². The van der Waals surface area contributed by atoms with Crippen LogP contribution in [-0.4, -0.2) is 63.3 Å². The molecule has 0 spiro atoms. The summed E-state index contributed by atoms with van der Waals surface area (Å²) in [5.41, 5.74) is 3.08. The van der Waals surface area contributed by atoms with E-state index in [0.29, 0.717) is 19.0 Å². The van der Waals surface area contributed by atoms with Gasteiger partial charge < -0.3 is 10.2 Å². The van der Waals surface area contributed by atoms with Crippen molar-refractivity contribution in [2.24, 2.45) is 5.92 Å². The molecule has 1 aliphatic heterocycles. The van der Waals surface area contributed by atoms with Crippen LogP contribution in [0, 0.1) is 5.92 Å². The van der Waals surface area contributed by atoms with Crippen molar-refractivity contribution in [1.29, 1.82) is 0 Å². The molecule has 1 fully saturated rings. The molecule has 3 aromatic rings. The zero-order valence-electron chi connectivity index (χ0n) is 18.8. The Labute approximate surface area is 189 Å². The standard InChI is InChI=1S/C24H31N7O/c1-19(2)15-22-16-20(28-31(22)21-7-4-3-5-8-21)17-27-23(32)18-29-11-13-30(14-12-29)24-25-9-6-10-26-24/h3-10,16,19H,11-15,17-18H2,1-2H3,(H,27,32). The van der Waals surface area contributed by atoms with Crippen LogP contribution in [-0.2, 0) is 17.8 Å². The molecule has 32 heavy (non-hydrogen) atoms. The Morgan fingerprint density at radius 3 is 2.44 bits per heavy atom. The van der Waals surface area contributed by atoms with E-state index < -0.39 is 0 Å². The smallest absolute Gasteiger partial charge is 0.234 e. The molecule has 1 N–H and O–H groups in total. The number of rotatable bonds is 8. The van der Waals surface area contributed by atoms with E-state index in [2.05, 4.69) is 57.1 Å². The Morgan fingerprint density at radius 2 is 1.75 bits per heavy atom. The van der Waals surface area contributed by atoms with Gasteiger partial charge in [-0.15, -0.1) is 0 Å². The number of hydrogen-bond acceptors (Lipinski definition) is 6. The average molecular weight is 434 g/mol. The summed E-state index contributed by atoms with van der Waals surface area (Å²) in [6.45, 7) is 8.48. The molecule has 1 aliphatic rings. The Kier molecular flexibility index (Phi) is 7.11. The molecule has 0 bridgehead atoms. The van der Waals surface area contributed by atoms with Crippen molar-refractivity contribution < 1.29 is 4.79 Å².